The first-order chi connectivity index (χ1) is 9.13. The number of benzene rings is 1. The highest BCUT2D eigenvalue weighted by molar-refractivity contribution is 5.96. The second-order valence-electron chi connectivity index (χ2n) is 4.50. The number of hydrogen-bond donors (Lipinski definition) is 1. The van der Waals surface area contributed by atoms with E-state index < -0.39 is 0 Å². The monoisotopic (exact) mass is 262 g/mol. The zero-order chi connectivity index (χ0) is 14.1. The molecule has 0 saturated heterocycles. The highest BCUT2D eigenvalue weighted by atomic mass is 16.2. The number of ketones is 1. The first kappa shape index (κ1) is 15.2. The van der Waals surface area contributed by atoms with E-state index in [1.165, 1.54) is 12.6 Å². The van der Waals surface area contributed by atoms with Crippen molar-refractivity contribution in [1.82, 2.24) is 5.32 Å². The molecule has 1 rings (SSSR count). The number of carbonyl (C=O) groups is 2. The van der Waals surface area contributed by atoms with Gasteiger partial charge in [-0.1, -0.05) is 18.2 Å². The summed E-state index contributed by atoms with van der Waals surface area (Å²) in [6, 6.07) is 10.2. The number of para-hydroxylation sites is 1. The Balaban J connectivity index is 2.27. The molecular formula is C15H22N2O2. The lowest BCUT2D eigenvalue weighted by Crippen LogP contribution is -2.30. The third-order valence-electron chi connectivity index (χ3n) is 2.84. The van der Waals surface area contributed by atoms with Crippen LogP contribution in [0.1, 0.15) is 26.7 Å². The van der Waals surface area contributed by atoms with E-state index in [-0.39, 0.29) is 18.1 Å². The molecule has 1 aromatic carbocycles. The molecule has 0 aliphatic carbocycles. The summed E-state index contributed by atoms with van der Waals surface area (Å²) in [5, 5.41) is 2.76. The van der Waals surface area contributed by atoms with Crippen LogP contribution in [0.3, 0.4) is 0 Å². The van der Waals surface area contributed by atoms with Crippen LogP contribution in [0, 0.1) is 0 Å². The predicted molar refractivity (Wildman–Crippen MR) is 77.3 cm³/mol. The molecule has 0 bridgehead atoms. The molecule has 0 radical (unpaired) electrons. The maximum Gasteiger partial charge on any atom is 0.227 e. The molecular weight excluding hydrogens is 240 g/mol. The van der Waals surface area contributed by atoms with Gasteiger partial charge >= 0.3 is 0 Å². The van der Waals surface area contributed by atoms with Crippen LogP contribution in [0.2, 0.25) is 0 Å². The predicted octanol–water partition coefficient (Wildman–Crippen LogP) is 2.00. The lowest BCUT2D eigenvalue weighted by molar-refractivity contribution is -0.127. The smallest absolute Gasteiger partial charge is 0.227 e. The number of rotatable bonds is 8. The normalized spacial score (nSPS) is 10.0. The zero-order valence-corrected chi connectivity index (χ0v) is 11.7. The second kappa shape index (κ2) is 8.29. The number of hydrogen-bond acceptors (Lipinski definition) is 3. The van der Waals surface area contributed by atoms with E-state index in [0.717, 1.165) is 19.5 Å². The molecule has 4 heteroatoms. The highest BCUT2D eigenvalue weighted by Gasteiger charge is 2.05. The Morgan fingerprint density at radius 3 is 2.47 bits per heavy atom. The van der Waals surface area contributed by atoms with E-state index >= 15 is 0 Å². The molecule has 0 unspecified atom stereocenters. The van der Waals surface area contributed by atoms with Crippen LogP contribution in [-0.2, 0) is 9.59 Å². The minimum atomic E-state index is -0.185. The van der Waals surface area contributed by atoms with Gasteiger partial charge in [-0.25, -0.2) is 0 Å². The third kappa shape index (κ3) is 6.04. The van der Waals surface area contributed by atoms with Crippen molar-refractivity contribution < 1.29 is 9.59 Å². The Labute approximate surface area is 114 Å². The van der Waals surface area contributed by atoms with Gasteiger partial charge in [0.2, 0.25) is 5.91 Å². The van der Waals surface area contributed by atoms with Crippen molar-refractivity contribution in [3.63, 3.8) is 0 Å². The minimum Gasteiger partial charge on any atom is -0.372 e. The van der Waals surface area contributed by atoms with Crippen LogP contribution < -0.4 is 10.2 Å². The number of amides is 1. The van der Waals surface area contributed by atoms with Gasteiger partial charge in [-0.05, 0) is 32.4 Å². The summed E-state index contributed by atoms with van der Waals surface area (Å²) in [5.74, 6) is -0.285. The first-order valence-corrected chi connectivity index (χ1v) is 6.69. The van der Waals surface area contributed by atoms with E-state index in [0.29, 0.717) is 6.54 Å². The highest BCUT2D eigenvalue weighted by Crippen LogP contribution is 2.12. The van der Waals surface area contributed by atoms with Crippen LogP contribution in [-0.4, -0.2) is 31.3 Å². The maximum absolute atomic E-state index is 11.3. The standard InChI is InChI=1S/C15H22N2O2/c1-3-17(14-8-5-4-6-9-14)11-7-10-16-15(19)12-13(2)18/h4-6,8-9H,3,7,10-12H2,1-2H3,(H,16,19). The van der Waals surface area contributed by atoms with Crippen LogP contribution in [0.15, 0.2) is 30.3 Å². The molecule has 0 saturated carbocycles. The van der Waals surface area contributed by atoms with E-state index in [4.69, 9.17) is 0 Å². The van der Waals surface area contributed by atoms with Gasteiger partial charge in [0.05, 0.1) is 6.42 Å². The summed E-state index contributed by atoms with van der Waals surface area (Å²) in [6.45, 7) is 5.97. The molecule has 1 amide bonds. The Morgan fingerprint density at radius 2 is 1.89 bits per heavy atom. The second-order valence-corrected chi connectivity index (χ2v) is 4.50. The van der Waals surface area contributed by atoms with Crippen LogP contribution in [0.25, 0.3) is 0 Å². The van der Waals surface area contributed by atoms with Gasteiger partial charge in [0.1, 0.15) is 5.78 Å². The van der Waals surface area contributed by atoms with Crippen molar-refractivity contribution in [2.24, 2.45) is 0 Å². The number of carbonyl (C=O) groups excluding carboxylic acids is 2. The van der Waals surface area contributed by atoms with Crippen molar-refractivity contribution >= 4 is 17.4 Å². The number of nitrogens with one attached hydrogen (secondary N) is 1. The fraction of sp³-hybridized carbons (Fsp3) is 0.467. The van der Waals surface area contributed by atoms with Gasteiger partial charge in [0.25, 0.3) is 0 Å². The molecule has 19 heavy (non-hydrogen) atoms. The summed E-state index contributed by atoms with van der Waals surface area (Å²) in [5.41, 5.74) is 1.19. The molecule has 0 atom stereocenters. The maximum atomic E-state index is 11.3. The summed E-state index contributed by atoms with van der Waals surface area (Å²) >= 11 is 0. The van der Waals surface area contributed by atoms with Crippen LogP contribution in [0.4, 0.5) is 5.69 Å². The summed E-state index contributed by atoms with van der Waals surface area (Å²) in [7, 11) is 0. The third-order valence-corrected chi connectivity index (χ3v) is 2.84. The molecule has 104 valence electrons. The van der Waals surface area contributed by atoms with Crippen LogP contribution >= 0.6 is 0 Å². The molecule has 0 fully saturated rings. The SMILES string of the molecule is CCN(CCCNC(=O)CC(C)=O)c1ccccc1. The van der Waals surface area contributed by atoms with Crippen molar-refractivity contribution in [2.45, 2.75) is 26.7 Å². The van der Waals surface area contributed by atoms with E-state index in [9.17, 15) is 9.59 Å². The Kier molecular flexibility index (Phi) is 6.64. The van der Waals surface area contributed by atoms with E-state index in [2.05, 4.69) is 29.3 Å². The largest absolute Gasteiger partial charge is 0.372 e. The Bertz CT molecular complexity index is 404. The molecule has 0 spiro atoms. The number of nitrogens with zero attached hydrogens (tertiary/aromatic N) is 1. The minimum absolute atomic E-state index is 0.0177. The average Bonchev–Trinajstić information content (AvgIpc) is 2.39. The van der Waals surface area contributed by atoms with Crippen molar-refractivity contribution in [2.75, 3.05) is 24.5 Å². The fourth-order valence-electron chi connectivity index (χ4n) is 1.89. The molecule has 1 aromatic rings. The molecule has 1 N–H and O–H groups in total. The lowest BCUT2D eigenvalue weighted by atomic mass is 10.2. The van der Waals surface area contributed by atoms with Crippen molar-refractivity contribution in [3.05, 3.63) is 30.3 Å². The zero-order valence-electron chi connectivity index (χ0n) is 11.7. The quantitative estimate of drug-likeness (QED) is 0.576. The van der Waals surface area contributed by atoms with Gasteiger partial charge in [-0.2, -0.15) is 0 Å². The van der Waals surface area contributed by atoms with E-state index in [1.807, 2.05) is 18.2 Å². The van der Waals surface area contributed by atoms with Crippen molar-refractivity contribution in [1.29, 1.82) is 0 Å². The summed E-state index contributed by atoms with van der Waals surface area (Å²) < 4.78 is 0. The van der Waals surface area contributed by atoms with Crippen molar-refractivity contribution in [3.8, 4) is 0 Å². The summed E-state index contributed by atoms with van der Waals surface area (Å²) in [4.78, 5) is 24.3. The fourth-order valence-corrected chi connectivity index (χ4v) is 1.89. The van der Waals surface area contributed by atoms with Gasteiger partial charge in [0.15, 0.2) is 0 Å². The molecule has 0 aliphatic heterocycles. The van der Waals surface area contributed by atoms with E-state index in [1.54, 1.807) is 0 Å². The van der Waals surface area contributed by atoms with Gasteiger partial charge in [0, 0.05) is 25.3 Å². The molecule has 0 heterocycles. The number of Topliss-reactive ketones (excluding diaryl/α,β-unsaturated/α-hetero) is 1. The first-order valence-electron chi connectivity index (χ1n) is 6.69. The molecule has 0 aliphatic rings. The summed E-state index contributed by atoms with van der Waals surface area (Å²) in [6.07, 6.45) is 0.850. The topological polar surface area (TPSA) is 49.4 Å². The molecule has 0 aromatic heterocycles. The van der Waals surface area contributed by atoms with Gasteiger partial charge < -0.3 is 10.2 Å². The molecule has 4 nitrogen and oxygen atoms in total. The van der Waals surface area contributed by atoms with Gasteiger partial charge in [-0.15, -0.1) is 0 Å². The lowest BCUT2D eigenvalue weighted by Gasteiger charge is -2.23. The Morgan fingerprint density at radius 1 is 1.21 bits per heavy atom. The van der Waals surface area contributed by atoms with Gasteiger partial charge in [-0.3, -0.25) is 9.59 Å². The average molecular weight is 262 g/mol. The van der Waals surface area contributed by atoms with Crippen LogP contribution in [0.5, 0.6) is 0 Å². The number of anilines is 1. The Hall–Kier alpha value is -1.84.